The number of ether oxygens (including phenoxy) is 1. The van der Waals surface area contributed by atoms with Crippen molar-refractivity contribution >= 4 is 0 Å². The summed E-state index contributed by atoms with van der Waals surface area (Å²) in [5, 5.41) is 3.57. The van der Waals surface area contributed by atoms with Crippen molar-refractivity contribution in [1.29, 1.82) is 0 Å². The zero-order valence-corrected chi connectivity index (χ0v) is 10.5. The van der Waals surface area contributed by atoms with Crippen LogP contribution in [-0.2, 0) is 4.74 Å². The van der Waals surface area contributed by atoms with Gasteiger partial charge < -0.3 is 10.1 Å². The van der Waals surface area contributed by atoms with Crippen LogP contribution in [0.25, 0.3) is 0 Å². The lowest BCUT2D eigenvalue weighted by Crippen LogP contribution is -2.45. The van der Waals surface area contributed by atoms with Crippen LogP contribution in [-0.4, -0.2) is 25.8 Å². The molecule has 2 nitrogen and oxygen atoms in total. The standard InChI is InChI=1S/C12H27NO/c1-6-9-13-11(10-14-8-3)12(4,5)7-2/h11,13H,6-10H2,1-5H3. The lowest BCUT2D eigenvalue weighted by molar-refractivity contribution is 0.0755. The molecule has 14 heavy (non-hydrogen) atoms. The van der Waals surface area contributed by atoms with Crippen LogP contribution in [0.3, 0.4) is 0 Å². The molecule has 0 rings (SSSR count). The fraction of sp³-hybridized carbons (Fsp3) is 1.00. The third-order valence-corrected chi connectivity index (χ3v) is 2.98. The first-order valence-corrected chi connectivity index (χ1v) is 5.89. The summed E-state index contributed by atoms with van der Waals surface area (Å²) in [7, 11) is 0. The van der Waals surface area contributed by atoms with Crippen molar-refractivity contribution in [3.8, 4) is 0 Å². The van der Waals surface area contributed by atoms with Crippen LogP contribution >= 0.6 is 0 Å². The molecule has 0 spiro atoms. The zero-order valence-electron chi connectivity index (χ0n) is 10.5. The van der Waals surface area contributed by atoms with Crippen LogP contribution in [0.4, 0.5) is 0 Å². The van der Waals surface area contributed by atoms with Crippen LogP contribution in [0.5, 0.6) is 0 Å². The third-order valence-electron chi connectivity index (χ3n) is 2.98. The van der Waals surface area contributed by atoms with Crippen LogP contribution in [0.1, 0.15) is 47.5 Å². The topological polar surface area (TPSA) is 21.3 Å². The van der Waals surface area contributed by atoms with Crippen molar-refractivity contribution in [3.63, 3.8) is 0 Å². The SMILES string of the molecule is CCCNC(COCC)C(C)(C)CC. The molecule has 86 valence electrons. The molecular weight excluding hydrogens is 174 g/mol. The number of rotatable bonds is 8. The van der Waals surface area contributed by atoms with E-state index in [2.05, 4.69) is 39.9 Å². The summed E-state index contributed by atoms with van der Waals surface area (Å²) in [5.74, 6) is 0. The highest BCUT2D eigenvalue weighted by atomic mass is 16.5. The fourth-order valence-electron chi connectivity index (χ4n) is 1.36. The van der Waals surface area contributed by atoms with E-state index < -0.39 is 0 Å². The van der Waals surface area contributed by atoms with E-state index in [1.165, 1.54) is 12.8 Å². The van der Waals surface area contributed by atoms with Crippen LogP contribution < -0.4 is 5.32 Å². The van der Waals surface area contributed by atoms with Gasteiger partial charge in [-0.1, -0.05) is 27.7 Å². The second kappa shape index (κ2) is 7.24. The Morgan fingerprint density at radius 3 is 2.29 bits per heavy atom. The molecule has 0 bridgehead atoms. The van der Waals surface area contributed by atoms with Crippen molar-refractivity contribution in [2.24, 2.45) is 5.41 Å². The van der Waals surface area contributed by atoms with Gasteiger partial charge in [0.15, 0.2) is 0 Å². The Morgan fingerprint density at radius 1 is 1.21 bits per heavy atom. The van der Waals surface area contributed by atoms with Gasteiger partial charge in [0.1, 0.15) is 0 Å². The molecule has 0 fully saturated rings. The maximum absolute atomic E-state index is 5.52. The van der Waals surface area contributed by atoms with Gasteiger partial charge in [0.2, 0.25) is 0 Å². The molecule has 0 saturated heterocycles. The summed E-state index contributed by atoms with van der Waals surface area (Å²) in [5.41, 5.74) is 0.324. The average Bonchev–Trinajstić information content (AvgIpc) is 2.17. The molecular formula is C12H27NO. The minimum absolute atomic E-state index is 0.324. The van der Waals surface area contributed by atoms with Crippen molar-refractivity contribution < 1.29 is 4.74 Å². The Kier molecular flexibility index (Phi) is 7.20. The Labute approximate surface area is 89.4 Å². The van der Waals surface area contributed by atoms with Gasteiger partial charge >= 0.3 is 0 Å². The Morgan fingerprint density at radius 2 is 1.86 bits per heavy atom. The lowest BCUT2D eigenvalue weighted by atomic mass is 9.82. The quantitative estimate of drug-likeness (QED) is 0.652. The molecule has 1 atom stereocenters. The van der Waals surface area contributed by atoms with E-state index in [0.29, 0.717) is 11.5 Å². The predicted molar refractivity (Wildman–Crippen MR) is 62.6 cm³/mol. The van der Waals surface area contributed by atoms with E-state index in [1.807, 2.05) is 0 Å². The van der Waals surface area contributed by atoms with Gasteiger partial charge in [0.05, 0.1) is 6.61 Å². The molecule has 0 aromatic heterocycles. The number of hydrogen-bond donors (Lipinski definition) is 1. The van der Waals surface area contributed by atoms with Crippen molar-refractivity contribution in [2.45, 2.75) is 53.5 Å². The largest absolute Gasteiger partial charge is 0.380 e. The zero-order chi connectivity index (χ0) is 11.0. The summed E-state index contributed by atoms with van der Waals surface area (Å²) >= 11 is 0. The smallest absolute Gasteiger partial charge is 0.0624 e. The van der Waals surface area contributed by atoms with Crippen LogP contribution in [0, 0.1) is 5.41 Å². The highest BCUT2D eigenvalue weighted by Crippen LogP contribution is 2.25. The van der Waals surface area contributed by atoms with Crippen LogP contribution in [0.2, 0.25) is 0 Å². The minimum atomic E-state index is 0.324. The molecule has 0 aliphatic rings. The van der Waals surface area contributed by atoms with Gasteiger partial charge in [0.25, 0.3) is 0 Å². The molecule has 0 saturated carbocycles. The maximum Gasteiger partial charge on any atom is 0.0624 e. The highest BCUT2D eigenvalue weighted by Gasteiger charge is 2.26. The average molecular weight is 201 g/mol. The van der Waals surface area contributed by atoms with Crippen molar-refractivity contribution in [2.75, 3.05) is 19.8 Å². The third kappa shape index (κ3) is 4.97. The molecule has 0 aliphatic carbocycles. The Hall–Kier alpha value is -0.0800. The second-order valence-electron chi connectivity index (χ2n) is 4.51. The van der Waals surface area contributed by atoms with Gasteiger partial charge in [-0.3, -0.25) is 0 Å². The Balaban J connectivity index is 4.08. The Bertz CT molecular complexity index is 126. The van der Waals surface area contributed by atoms with Gasteiger partial charge in [-0.15, -0.1) is 0 Å². The molecule has 0 amide bonds. The van der Waals surface area contributed by atoms with Crippen LogP contribution in [0.15, 0.2) is 0 Å². The summed E-state index contributed by atoms with van der Waals surface area (Å²) in [6.45, 7) is 13.8. The summed E-state index contributed by atoms with van der Waals surface area (Å²) < 4.78 is 5.52. The van der Waals surface area contributed by atoms with E-state index in [-0.39, 0.29) is 0 Å². The number of hydrogen-bond acceptors (Lipinski definition) is 2. The van der Waals surface area contributed by atoms with E-state index >= 15 is 0 Å². The van der Waals surface area contributed by atoms with Crippen molar-refractivity contribution in [1.82, 2.24) is 5.32 Å². The summed E-state index contributed by atoms with van der Waals surface area (Å²) in [6.07, 6.45) is 2.36. The lowest BCUT2D eigenvalue weighted by Gasteiger charge is -2.34. The molecule has 0 radical (unpaired) electrons. The highest BCUT2D eigenvalue weighted by molar-refractivity contribution is 4.82. The van der Waals surface area contributed by atoms with Gasteiger partial charge in [-0.25, -0.2) is 0 Å². The number of nitrogens with one attached hydrogen (secondary N) is 1. The summed E-state index contributed by atoms with van der Waals surface area (Å²) in [6, 6.07) is 0.479. The van der Waals surface area contributed by atoms with E-state index in [9.17, 15) is 0 Å². The first kappa shape index (κ1) is 13.9. The van der Waals surface area contributed by atoms with E-state index in [0.717, 1.165) is 19.8 Å². The summed E-state index contributed by atoms with van der Waals surface area (Å²) in [4.78, 5) is 0. The molecule has 0 aromatic rings. The molecule has 1 N–H and O–H groups in total. The minimum Gasteiger partial charge on any atom is -0.380 e. The predicted octanol–water partition coefficient (Wildman–Crippen LogP) is 2.83. The monoisotopic (exact) mass is 201 g/mol. The second-order valence-corrected chi connectivity index (χ2v) is 4.51. The normalized spacial score (nSPS) is 14.4. The maximum atomic E-state index is 5.52. The first-order valence-electron chi connectivity index (χ1n) is 5.89. The van der Waals surface area contributed by atoms with Gasteiger partial charge in [0, 0.05) is 12.6 Å². The van der Waals surface area contributed by atoms with E-state index in [1.54, 1.807) is 0 Å². The molecule has 2 heteroatoms. The molecule has 0 aliphatic heterocycles. The molecule has 0 aromatic carbocycles. The van der Waals surface area contributed by atoms with Crippen molar-refractivity contribution in [3.05, 3.63) is 0 Å². The fourth-order valence-corrected chi connectivity index (χ4v) is 1.36. The van der Waals surface area contributed by atoms with Gasteiger partial charge in [-0.2, -0.15) is 0 Å². The van der Waals surface area contributed by atoms with E-state index in [4.69, 9.17) is 4.74 Å². The van der Waals surface area contributed by atoms with Gasteiger partial charge in [-0.05, 0) is 31.7 Å². The molecule has 1 unspecified atom stereocenters. The first-order chi connectivity index (χ1) is 6.58. The molecule has 0 heterocycles.